The number of hydrogen-bond donors (Lipinski definition) is 4. The van der Waals surface area contributed by atoms with Crippen molar-refractivity contribution in [1.29, 1.82) is 0 Å². The van der Waals surface area contributed by atoms with Crippen LogP contribution in [0.4, 0.5) is 13.6 Å². The van der Waals surface area contributed by atoms with Crippen LogP contribution in [0.5, 0.6) is 0 Å². The summed E-state index contributed by atoms with van der Waals surface area (Å²) < 4.78 is 40.8. The van der Waals surface area contributed by atoms with E-state index in [4.69, 9.17) is 5.11 Å². The highest BCUT2D eigenvalue weighted by Crippen LogP contribution is 2.49. The Morgan fingerprint density at radius 1 is 1.26 bits per heavy atom. The highest BCUT2D eigenvalue weighted by atomic mass is 32.2. The summed E-state index contributed by atoms with van der Waals surface area (Å²) in [6.07, 6.45) is -2.83. The smallest absolute Gasteiger partial charge is 0.405 e. The first kappa shape index (κ1) is 23.4. The van der Waals surface area contributed by atoms with Gasteiger partial charge in [-0.3, -0.25) is 19.1 Å². The second-order valence-corrected chi connectivity index (χ2v) is 10.4. The van der Waals surface area contributed by atoms with Crippen LogP contribution in [0.2, 0.25) is 0 Å². The third kappa shape index (κ3) is 4.65. The van der Waals surface area contributed by atoms with Crippen molar-refractivity contribution < 1.29 is 37.3 Å². The molecule has 2 aliphatic carbocycles. The van der Waals surface area contributed by atoms with Gasteiger partial charge in [-0.2, -0.15) is 0 Å². The molecule has 4 amide bonds. The van der Waals surface area contributed by atoms with Gasteiger partial charge in [0.25, 0.3) is 5.91 Å². The van der Waals surface area contributed by atoms with Gasteiger partial charge in [-0.1, -0.05) is 6.92 Å². The molecule has 1 heterocycles. The van der Waals surface area contributed by atoms with Crippen molar-refractivity contribution >= 4 is 34.8 Å². The maximum atomic E-state index is 13.4. The first-order valence-corrected chi connectivity index (χ1v) is 11.2. The van der Waals surface area contributed by atoms with E-state index >= 15 is 0 Å². The number of nitrogens with zero attached hydrogens (tertiary/aromatic N) is 1. The number of alkyl halides is 2. The minimum Gasteiger partial charge on any atom is -0.465 e. The highest BCUT2D eigenvalue weighted by molar-refractivity contribution is 7.85. The summed E-state index contributed by atoms with van der Waals surface area (Å²) in [5.74, 6) is -4.06. The molecule has 0 aromatic heterocycles. The molecule has 0 spiro atoms. The van der Waals surface area contributed by atoms with Gasteiger partial charge in [0, 0.05) is 6.54 Å². The molecule has 0 radical (unpaired) electrons. The Morgan fingerprint density at radius 2 is 1.90 bits per heavy atom. The monoisotopic (exact) mass is 464 g/mol. The first-order chi connectivity index (χ1) is 14.4. The van der Waals surface area contributed by atoms with Crippen molar-refractivity contribution in [3.8, 4) is 0 Å². The Morgan fingerprint density at radius 3 is 2.42 bits per heavy atom. The van der Waals surface area contributed by atoms with Gasteiger partial charge < -0.3 is 20.6 Å². The van der Waals surface area contributed by atoms with Crippen LogP contribution >= 0.6 is 0 Å². The lowest BCUT2D eigenvalue weighted by atomic mass is 10.0. The van der Waals surface area contributed by atoms with E-state index in [-0.39, 0.29) is 18.9 Å². The number of halogens is 2. The molecule has 1 aliphatic heterocycles. The number of carbonyl (C=O) groups is 4. The fourth-order valence-electron chi connectivity index (χ4n) is 3.89. The van der Waals surface area contributed by atoms with Gasteiger partial charge in [-0.25, -0.2) is 17.8 Å². The molecule has 3 rings (SSSR count). The van der Waals surface area contributed by atoms with E-state index in [9.17, 15) is 32.2 Å². The lowest BCUT2D eigenvalue weighted by Gasteiger charge is -2.28. The van der Waals surface area contributed by atoms with Gasteiger partial charge in [0.2, 0.25) is 18.2 Å². The van der Waals surface area contributed by atoms with E-state index in [1.165, 1.54) is 4.90 Å². The lowest BCUT2D eigenvalue weighted by Crippen LogP contribution is -2.58. The molecule has 5 atom stereocenters. The van der Waals surface area contributed by atoms with Gasteiger partial charge in [0.15, 0.2) is 0 Å². The molecule has 10 nitrogen and oxygen atoms in total. The molecule has 174 valence electrons. The second kappa shape index (κ2) is 8.32. The number of carboxylic acid groups (broad SMARTS) is 1. The zero-order valence-electron chi connectivity index (χ0n) is 17.2. The molecule has 2 saturated carbocycles. The Labute approximate surface area is 180 Å². The lowest BCUT2D eigenvalue weighted by molar-refractivity contribution is -0.140. The number of rotatable bonds is 8. The van der Waals surface area contributed by atoms with Gasteiger partial charge in [0.05, 0.1) is 10.7 Å². The van der Waals surface area contributed by atoms with Crippen molar-refractivity contribution in [2.45, 2.75) is 62.3 Å². The number of amides is 4. The molecular formula is C18H26F2N4O6S. The van der Waals surface area contributed by atoms with E-state index in [1.807, 2.05) is 5.32 Å². The van der Waals surface area contributed by atoms with E-state index in [0.29, 0.717) is 19.3 Å². The standard InChI is InChI=1S/C18H26F2N4O6S/c1-9-3-6-24(11(25)8-21-16(28)29)12(9)14(26)22-18(7-10(18)13(19)20)15(27)23-31(30)17(2)4-5-17/h9-10,12-13,21H,3-8H2,1-2H3,(H,22,26)(H,23,27)(H,28,29)/t9-,10?,12+,18?,31?/m1/s1. The molecule has 0 bridgehead atoms. The molecule has 3 fully saturated rings. The zero-order chi connectivity index (χ0) is 23.1. The molecular weight excluding hydrogens is 438 g/mol. The largest absolute Gasteiger partial charge is 0.465 e. The van der Waals surface area contributed by atoms with E-state index < -0.39 is 70.0 Å². The topological polar surface area (TPSA) is 145 Å². The SMILES string of the molecule is C[C@@H]1CCN(C(=O)CNC(=O)O)[C@@H]1C(=O)NC1(C(=O)NS(=O)C2(C)CC2)CC1C(F)F. The molecule has 3 aliphatic rings. The summed E-state index contributed by atoms with van der Waals surface area (Å²) in [5.41, 5.74) is -1.89. The average Bonchev–Trinajstić information content (AvgIpc) is 3.57. The summed E-state index contributed by atoms with van der Waals surface area (Å²) in [7, 11) is -1.76. The molecule has 1 saturated heterocycles. The van der Waals surface area contributed by atoms with E-state index in [2.05, 4.69) is 10.0 Å². The van der Waals surface area contributed by atoms with Crippen LogP contribution in [0.3, 0.4) is 0 Å². The number of nitrogens with one attached hydrogen (secondary N) is 3. The second-order valence-electron chi connectivity index (χ2n) is 8.71. The van der Waals surface area contributed by atoms with Crippen LogP contribution in [0.15, 0.2) is 0 Å². The predicted molar refractivity (Wildman–Crippen MR) is 104 cm³/mol. The Kier molecular flexibility index (Phi) is 6.27. The minimum absolute atomic E-state index is 0.194. The summed E-state index contributed by atoms with van der Waals surface area (Å²) >= 11 is 0. The molecule has 31 heavy (non-hydrogen) atoms. The van der Waals surface area contributed by atoms with Crippen molar-refractivity contribution in [3.05, 3.63) is 0 Å². The maximum absolute atomic E-state index is 13.4. The van der Waals surface area contributed by atoms with Crippen LogP contribution in [0.1, 0.15) is 39.5 Å². The van der Waals surface area contributed by atoms with E-state index in [0.717, 1.165) is 0 Å². The van der Waals surface area contributed by atoms with E-state index in [1.54, 1.807) is 13.8 Å². The zero-order valence-corrected chi connectivity index (χ0v) is 18.0. The van der Waals surface area contributed by atoms with Crippen LogP contribution < -0.4 is 15.4 Å². The quantitative estimate of drug-likeness (QED) is 0.397. The van der Waals surface area contributed by atoms with Crippen molar-refractivity contribution in [2.24, 2.45) is 11.8 Å². The maximum Gasteiger partial charge on any atom is 0.405 e. The van der Waals surface area contributed by atoms with Gasteiger partial charge in [0.1, 0.15) is 29.1 Å². The molecule has 3 unspecified atom stereocenters. The molecule has 0 aromatic carbocycles. The van der Waals surface area contributed by atoms with Crippen LogP contribution in [0.25, 0.3) is 0 Å². The molecule has 13 heteroatoms. The molecule has 4 N–H and O–H groups in total. The summed E-state index contributed by atoms with van der Waals surface area (Å²) in [6.45, 7) is 3.07. The third-order valence-corrected chi connectivity index (χ3v) is 8.01. The fraction of sp³-hybridized carbons (Fsp3) is 0.778. The minimum atomic E-state index is -2.87. The van der Waals surface area contributed by atoms with Gasteiger partial charge in [-0.05, 0) is 38.5 Å². The van der Waals surface area contributed by atoms with Crippen LogP contribution in [0, 0.1) is 11.8 Å². The number of hydrogen-bond acceptors (Lipinski definition) is 5. The number of likely N-dealkylation sites (tertiary alicyclic amines) is 1. The summed E-state index contributed by atoms with van der Waals surface area (Å²) in [6, 6.07) is -1.03. The predicted octanol–water partition coefficient (Wildman–Crippen LogP) is -0.0366. The van der Waals surface area contributed by atoms with Crippen molar-refractivity contribution in [2.75, 3.05) is 13.1 Å². The average molecular weight is 464 g/mol. The summed E-state index contributed by atoms with van der Waals surface area (Å²) in [5, 5.41) is 13.0. The van der Waals surface area contributed by atoms with Gasteiger partial charge >= 0.3 is 6.09 Å². The fourth-order valence-corrected chi connectivity index (χ4v) is 4.96. The normalized spacial score (nSPS) is 31.6. The Balaban J connectivity index is 1.72. The Hall–Kier alpha value is -2.31. The summed E-state index contributed by atoms with van der Waals surface area (Å²) in [4.78, 5) is 49.9. The van der Waals surface area contributed by atoms with Crippen LogP contribution in [-0.2, 0) is 25.4 Å². The first-order valence-electron chi connectivity index (χ1n) is 10.0. The third-order valence-electron chi connectivity index (χ3n) is 6.34. The van der Waals surface area contributed by atoms with Gasteiger partial charge in [-0.15, -0.1) is 0 Å². The molecule has 0 aromatic rings. The van der Waals surface area contributed by atoms with Crippen LogP contribution in [-0.4, -0.2) is 73.9 Å². The Bertz CT molecular complexity index is 823. The highest BCUT2D eigenvalue weighted by Gasteiger charge is 2.66. The van der Waals surface area contributed by atoms with Crippen molar-refractivity contribution in [1.82, 2.24) is 20.3 Å². The van der Waals surface area contributed by atoms with Crippen molar-refractivity contribution in [3.63, 3.8) is 0 Å². The number of carbonyl (C=O) groups excluding carboxylic acids is 3.